The maximum atomic E-state index is 12.9. The van der Waals surface area contributed by atoms with Crippen molar-refractivity contribution in [3.8, 4) is 0 Å². The number of carbonyl (C=O) groups is 1. The van der Waals surface area contributed by atoms with Crippen molar-refractivity contribution in [1.29, 1.82) is 0 Å². The molecule has 2 aromatic carbocycles. The largest absolute Gasteiger partial charge is 0.293 e. The second-order valence-electron chi connectivity index (χ2n) is 6.42. The fourth-order valence-corrected chi connectivity index (χ4v) is 4.99. The van der Waals surface area contributed by atoms with E-state index in [-0.39, 0.29) is 15.9 Å². The topological polar surface area (TPSA) is 17.1 Å². The number of fused-ring (bicyclic) bond motifs is 1. The molecular weight excluding hydrogens is 288 g/mol. The molecule has 1 heterocycles. The summed E-state index contributed by atoms with van der Waals surface area (Å²) < 4.78 is 0.109. The number of hydrogen-bond acceptors (Lipinski definition) is 2. The molecule has 1 aliphatic heterocycles. The molecule has 1 nitrogen and oxygen atoms in total. The average molecular weight is 306 g/mol. The lowest BCUT2D eigenvalue weighted by molar-refractivity contribution is 0.0855. The highest BCUT2D eigenvalue weighted by Crippen LogP contribution is 2.68. The summed E-state index contributed by atoms with van der Waals surface area (Å²) in [4.78, 5) is 12.9. The molecule has 0 bridgehead atoms. The number of Topliss-reactive ketones (excluding diaryl/α,β-unsaturated/α-hetero) is 1. The van der Waals surface area contributed by atoms with Gasteiger partial charge < -0.3 is 0 Å². The molecule has 0 spiro atoms. The lowest BCUT2D eigenvalue weighted by Gasteiger charge is -2.29. The molecule has 1 aliphatic carbocycles. The van der Waals surface area contributed by atoms with E-state index in [2.05, 4.69) is 49.4 Å². The summed E-state index contributed by atoms with van der Waals surface area (Å²) in [5.74, 6) is 0.235. The van der Waals surface area contributed by atoms with Gasteiger partial charge in [-0.05, 0) is 18.9 Å². The Hall–Kier alpha value is -1.80. The van der Waals surface area contributed by atoms with Crippen LogP contribution in [0.25, 0.3) is 0 Å². The van der Waals surface area contributed by atoms with Gasteiger partial charge >= 0.3 is 0 Å². The van der Waals surface area contributed by atoms with Crippen molar-refractivity contribution < 1.29 is 4.79 Å². The lowest BCUT2D eigenvalue weighted by Crippen LogP contribution is -2.32. The van der Waals surface area contributed by atoms with Gasteiger partial charge in [0.2, 0.25) is 0 Å². The first-order chi connectivity index (χ1) is 10.6. The number of allylic oxidation sites excluding steroid dienone is 1. The van der Waals surface area contributed by atoms with E-state index in [0.29, 0.717) is 5.25 Å². The normalized spacial score (nSPS) is 32.3. The van der Waals surface area contributed by atoms with Crippen LogP contribution in [0, 0.1) is 5.41 Å². The van der Waals surface area contributed by atoms with Crippen LogP contribution in [0.1, 0.15) is 29.3 Å². The second kappa shape index (κ2) is 4.85. The second-order valence-corrected chi connectivity index (χ2v) is 7.90. The molecule has 0 radical (unpaired) electrons. The third-order valence-electron chi connectivity index (χ3n) is 4.85. The van der Waals surface area contributed by atoms with E-state index >= 15 is 0 Å². The number of benzene rings is 2. The van der Waals surface area contributed by atoms with E-state index < -0.39 is 0 Å². The molecular formula is C20H18OS. The van der Waals surface area contributed by atoms with Crippen LogP contribution in [0.3, 0.4) is 0 Å². The molecule has 0 amide bonds. The third kappa shape index (κ3) is 2.05. The van der Waals surface area contributed by atoms with Gasteiger partial charge in [0.1, 0.15) is 0 Å². The number of rotatable bonds is 3. The Bertz CT molecular complexity index is 737. The summed E-state index contributed by atoms with van der Waals surface area (Å²) in [6.45, 7) is 2.08. The van der Waals surface area contributed by atoms with Gasteiger partial charge in [-0.15, -0.1) is 11.8 Å². The van der Waals surface area contributed by atoms with Crippen LogP contribution >= 0.6 is 11.8 Å². The summed E-state index contributed by atoms with van der Waals surface area (Å²) in [5.41, 5.74) is 1.79. The van der Waals surface area contributed by atoms with Crippen molar-refractivity contribution in [2.45, 2.75) is 23.3 Å². The first-order valence-corrected chi connectivity index (χ1v) is 8.56. The number of thioether (sulfide) groups is 1. The molecule has 110 valence electrons. The number of ketones is 1. The molecule has 0 saturated carbocycles. The van der Waals surface area contributed by atoms with Crippen molar-refractivity contribution in [1.82, 2.24) is 0 Å². The van der Waals surface area contributed by atoms with E-state index in [1.807, 2.05) is 42.1 Å². The van der Waals surface area contributed by atoms with Gasteiger partial charge in [0.15, 0.2) is 5.78 Å². The number of hydrogen-bond donors (Lipinski definition) is 0. The van der Waals surface area contributed by atoms with Crippen molar-refractivity contribution in [2.24, 2.45) is 5.41 Å². The zero-order valence-electron chi connectivity index (χ0n) is 12.5. The molecule has 3 atom stereocenters. The summed E-state index contributed by atoms with van der Waals surface area (Å²) in [6, 6.07) is 20.3. The van der Waals surface area contributed by atoms with E-state index in [0.717, 1.165) is 12.0 Å². The van der Waals surface area contributed by atoms with Crippen molar-refractivity contribution in [3.63, 3.8) is 0 Å². The molecule has 2 heteroatoms. The van der Waals surface area contributed by atoms with Gasteiger partial charge in [-0.1, -0.05) is 72.8 Å². The summed E-state index contributed by atoms with van der Waals surface area (Å²) >= 11 is 1.98. The lowest BCUT2D eigenvalue weighted by atomic mass is 9.71. The molecule has 2 aromatic rings. The molecule has 4 rings (SSSR count). The third-order valence-corrected chi connectivity index (χ3v) is 6.46. The van der Waals surface area contributed by atoms with Gasteiger partial charge in [-0.25, -0.2) is 0 Å². The standard InChI is InChI=1S/C20H18OS/c1-19(18(21)15-8-4-2-5-9-15)12-13-20(17(14-19)22-20)16-10-6-3-7-11-16/h2-13,17H,14H2,1H3. The minimum Gasteiger partial charge on any atom is -0.293 e. The SMILES string of the molecule is CC1(C(=O)c2ccccc2)C=CC2(c3ccccc3)SC2C1. The van der Waals surface area contributed by atoms with E-state index in [1.165, 1.54) is 5.56 Å². The highest BCUT2D eigenvalue weighted by Gasteiger charge is 2.59. The first kappa shape index (κ1) is 13.8. The fraction of sp³-hybridized carbons (Fsp3) is 0.250. The van der Waals surface area contributed by atoms with Crippen LogP contribution < -0.4 is 0 Å². The zero-order valence-corrected chi connectivity index (χ0v) is 13.3. The Balaban J connectivity index is 1.64. The van der Waals surface area contributed by atoms with Crippen molar-refractivity contribution in [3.05, 3.63) is 83.9 Å². The molecule has 3 unspecified atom stereocenters. The van der Waals surface area contributed by atoms with Crippen LogP contribution in [-0.2, 0) is 4.75 Å². The molecule has 0 N–H and O–H groups in total. The van der Waals surface area contributed by atoms with Gasteiger partial charge in [0.25, 0.3) is 0 Å². The van der Waals surface area contributed by atoms with Crippen molar-refractivity contribution in [2.75, 3.05) is 0 Å². The van der Waals surface area contributed by atoms with Crippen LogP contribution in [0.15, 0.2) is 72.8 Å². The Labute approximate surface area is 135 Å². The van der Waals surface area contributed by atoms with Gasteiger partial charge in [0, 0.05) is 16.2 Å². The highest BCUT2D eigenvalue weighted by molar-refractivity contribution is 8.08. The predicted molar refractivity (Wildman–Crippen MR) is 92.1 cm³/mol. The Morgan fingerprint density at radius 1 is 1.00 bits per heavy atom. The molecule has 1 saturated heterocycles. The van der Waals surface area contributed by atoms with Crippen LogP contribution in [0.2, 0.25) is 0 Å². The van der Waals surface area contributed by atoms with E-state index in [4.69, 9.17) is 0 Å². The molecule has 2 aliphatic rings. The predicted octanol–water partition coefficient (Wildman–Crippen LogP) is 4.85. The Morgan fingerprint density at radius 2 is 1.64 bits per heavy atom. The molecule has 1 fully saturated rings. The van der Waals surface area contributed by atoms with Crippen molar-refractivity contribution >= 4 is 17.5 Å². The maximum Gasteiger partial charge on any atom is 0.172 e. The summed E-state index contributed by atoms with van der Waals surface area (Å²) in [7, 11) is 0. The first-order valence-electron chi connectivity index (χ1n) is 7.68. The van der Waals surface area contributed by atoms with Crippen LogP contribution in [0.5, 0.6) is 0 Å². The minimum absolute atomic E-state index is 0.109. The van der Waals surface area contributed by atoms with Gasteiger partial charge in [0.05, 0.1) is 4.75 Å². The molecule has 0 aromatic heterocycles. The highest BCUT2D eigenvalue weighted by atomic mass is 32.2. The minimum atomic E-state index is -0.381. The van der Waals surface area contributed by atoms with Crippen LogP contribution in [0.4, 0.5) is 0 Å². The van der Waals surface area contributed by atoms with Gasteiger partial charge in [-0.3, -0.25) is 4.79 Å². The fourth-order valence-electron chi connectivity index (χ4n) is 3.44. The Morgan fingerprint density at radius 3 is 2.27 bits per heavy atom. The average Bonchev–Trinajstić information content (AvgIpc) is 3.30. The summed E-state index contributed by atoms with van der Waals surface area (Å²) in [6.07, 6.45) is 5.32. The molecule has 22 heavy (non-hydrogen) atoms. The zero-order chi connectivity index (χ0) is 15.2. The van der Waals surface area contributed by atoms with Crippen LogP contribution in [-0.4, -0.2) is 11.0 Å². The Kier molecular flexibility index (Phi) is 3.05. The quantitative estimate of drug-likeness (QED) is 0.458. The number of carbonyl (C=O) groups excluding carboxylic acids is 1. The smallest absolute Gasteiger partial charge is 0.172 e. The van der Waals surface area contributed by atoms with E-state index in [1.54, 1.807) is 0 Å². The summed E-state index contributed by atoms with van der Waals surface area (Å²) in [5, 5.41) is 0.512. The maximum absolute atomic E-state index is 12.9. The monoisotopic (exact) mass is 306 g/mol. The van der Waals surface area contributed by atoms with Gasteiger partial charge in [-0.2, -0.15) is 0 Å². The van der Waals surface area contributed by atoms with E-state index in [9.17, 15) is 4.79 Å².